The molecule has 0 saturated carbocycles. The number of carbonyl (C=O) groups is 1. The molecule has 0 unspecified atom stereocenters. The number of aliphatic imine (C=N–C) groups is 2. The third kappa shape index (κ3) is 2.78. The number of hydrazine groups is 1. The number of carbonyl (C=O) groups excluding carboxylic acids is 1. The van der Waals surface area contributed by atoms with E-state index in [1.54, 1.807) is 31.2 Å². The van der Waals surface area contributed by atoms with Gasteiger partial charge in [0.2, 0.25) is 0 Å². The highest BCUT2D eigenvalue weighted by Gasteiger charge is 2.33. The predicted molar refractivity (Wildman–Crippen MR) is 104 cm³/mol. The van der Waals surface area contributed by atoms with E-state index in [4.69, 9.17) is 22.1 Å². The number of primary amides is 1. The van der Waals surface area contributed by atoms with Gasteiger partial charge in [0.1, 0.15) is 5.70 Å². The van der Waals surface area contributed by atoms with E-state index < -0.39 is 11.8 Å². The summed E-state index contributed by atoms with van der Waals surface area (Å²) >= 11 is 6.38. The summed E-state index contributed by atoms with van der Waals surface area (Å²) in [5, 5.41) is 1.53. The van der Waals surface area contributed by atoms with Gasteiger partial charge in [0, 0.05) is 22.2 Å². The predicted octanol–water partition coefficient (Wildman–Crippen LogP) is 3.50. The fraction of sp³-hybridized carbons (Fsp3) is 0.105. The normalized spacial score (nSPS) is 15.2. The summed E-state index contributed by atoms with van der Waals surface area (Å²) in [4.78, 5) is 21.0. The van der Waals surface area contributed by atoms with Crippen molar-refractivity contribution in [2.75, 3.05) is 7.11 Å². The highest BCUT2D eigenvalue weighted by atomic mass is 35.5. The van der Waals surface area contributed by atoms with Gasteiger partial charge in [0.05, 0.1) is 24.2 Å². The van der Waals surface area contributed by atoms with Crippen LogP contribution in [0.1, 0.15) is 18.1 Å². The van der Waals surface area contributed by atoms with Crippen LogP contribution in [0.2, 0.25) is 5.02 Å². The Kier molecular flexibility index (Phi) is 4.27. The molecule has 2 aromatic rings. The maximum Gasteiger partial charge on any atom is 0.339 e. The van der Waals surface area contributed by atoms with E-state index in [1.807, 2.05) is 0 Å². The van der Waals surface area contributed by atoms with Gasteiger partial charge < -0.3 is 10.5 Å². The third-order valence-electron chi connectivity index (χ3n) is 4.38. The zero-order valence-electron chi connectivity index (χ0n) is 15.0. The number of benzene rings is 2. The molecular formula is C19H15ClFN5O2. The lowest BCUT2D eigenvalue weighted by atomic mass is 10.00. The number of halogens is 2. The summed E-state index contributed by atoms with van der Waals surface area (Å²) < 4.78 is 19.6. The van der Waals surface area contributed by atoms with Crippen molar-refractivity contribution in [3.8, 4) is 5.75 Å². The molecule has 142 valence electrons. The number of amidine groups is 1. The number of nitrogens with zero attached hydrogens (tertiary/aromatic N) is 3. The van der Waals surface area contributed by atoms with Gasteiger partial charge in [-0.05, 0) is 19.1 Å². The molecule has 2 aromatic carbocycles. The number of nitrogens with two attached hydrogens (primary N) is 1. The van der Waals surface area contributed by atoms with Crippen molar-refractivity contribution < 1.29 is 13.9 Å². The standard InChI is InChI=1S/C19H15ClFN5O2/c1-9-16-18(26(25-9)19(22)27)23-14-8-15(28-2)13(21)7-11(14)17(24-16)10-5-3-4-6-12(10)20/h3-8,25H,1-2H3,(H2,22,27). The van der Waals surface area contributed by atoms with E-state index in [2.05, 4.69) is 15.4 Å². The lowest BCUT2D eigenvalue weighted by Crippen LogP contribution is -2.44. The Balaban J connectivity index is 2.05. The lowest BCUT2D eigenvalue weighted by Gasteiger charge is -2.15. The highest BCUT2D eigenvalue weighted by molar-refractivity contribution is 6.36. The van der Waals surface area contributed by atoms with Crippen LogP contribution < -0.4 is 15.9 Å². The van der Waals surface area contributed by atoms with E-state index >= 15 is 0 Å². The first kappa shape index (κ1) is 18.0. The van der Waals surface area contributed by atoms with Crippen LogP contribution in [0.25, 0.3) is 0 Å². The van der Waals surface area contributed by atoms with E-state index in [0.717, 1.165) is 5.01 Å². The van der Waals surface area contributed by atoms with Gasteiger partial charge >= 0.3 is 6.03 Å². The molecule has 2 aliphatic rings. The van der Waals surface area contributed by atoms with Crippen LogP contribution >= 0.6 is 11.6 Å². The van der Waals surface area contributed by atoms with Crippen LogP contribution in [0.5, 0.6) is 5.75 Å². The molecule has 0 atom stereocenters. The minimum Gasteiger partial charge on any atom is -0.494 e. The number of methoxy groups -OCH3 is 1. The molecule has 0 radical (unpaired) electrons. The quantitative estimate of drug-likeness (QED) is 0.809. The van der Waals surface area contributed by atoms with Crippen molar-refractivity contribution in [1.29, 1.82) is 0 Å². The average molecular weight is 400 g/mol. The molecule has 28 heavy (non-hydrogen) atoms. The molecule has 3 N–H and O–H groups in total. The molecule has 0 bridgehead atoms. The molecule has 2 heterocycles. The number of fused-ring (bicyclic) bond motifs is 2. The molecule has 2 aliphatic heterocycles. The van der Waals surface area contributed by atoms with E-state index in [-0.39, 0.29) is 11.6 Å². The van der Waals surface area contributed by atoms with Crippen LogP contribution in [0, 0.1) is 5.82 Å². The largest absolute Gasteiger partial charge is 0.494 e. The first-order valence-electron chi connectivity index (χ1n) is 8.28. The number of hydrogen-bond acceptors (Lipinski definition) is 5. The number of ether oxygens (including phenoxy) is 1. The molecule has 0 saturated heterocycles. The van der Waals surface area contributed by atoms with Crippen LogP contribution in [0.15, 0.2) is 57.8 Å². The molecule has 0 fully saturated rings. The van der Waals surface area contributed by atoms with Gasteiger partial charge in [-0.25, -0.2) is 19.2 Å². The van der Waals surface area contributed by atoms with Crippen LogP contribution in [-0.2, 0) is 0 Å². The maximum atomic E-state index is 14.5. The van der Waals surface area contributed by atoms with E-state index in [9.17, 15) is 9.18 Å². The second kappa shape index (κ2) is 6.65. The van der Waals surface area contributed by atoms with E-state index in [1.165, 1.54) is 19.2 Å². The van der Waals surface area contributed by atoms with Crippen molar-refractivity contribution in [3.63, 3.8) is 0 Å². The van der Waals surface area contributed by atoms with Gasteiger partial charge in [-0.15, -0.1) is 0 Å². The van der Waals surface area contributed by atoms with E-state index in [0.29, 0.717) is 38.9 Å². The molecule has 7 nitrogen and oxygen atoms in total. The monoisotopic (exact) mass is 399 g/mol. The first-order chi connectivity index (χ1) is 13.4. The summed E-state index contributed by atoms with van der Waals surface area (Å²) in [5.41, 5.74) is 11.1. The maximum absolute atomic E-state index is 14.5. The van der Waals surface area contributed by atoms with Crippen molar-refractivity contribution >= 4 is 34.9 Å². The summed E-state index contributed by atoms with van der Waals surface area (Å²) in [6, 6.07) is 9.08. The van der Waals surface area contributed by atoms with Gasteiger partial charge in [-0.3, -0.25) is 5.43 Å². The summed E-state index contributed by atoms with van der Waals surface area (Å²) in [5.74, 6) is -0.340. The topological polar surface area (TPSA) is 92.3 Å². The van der Waals surface area contributed by atoms with Crippen LogP contribution in [0.4, 0.5) is 14.9 Å². The Bertz CT molecular complexity index is 1110. The second-order valence-electron chi connectivity index (χ2n) is 6.14. The Morgan fingerprint density at radius 3 is 2.68 bits per heavy atom. The Morgan fingerprint density at radius 2 is 2.00 bits per heavy atom. The van der Waals surface area contributed by atoms with Crippen molar-refractivity contribution in [2.24, 2.45) is 15.7 Å². The minimum atomic E-state index is -0.750. The third-order valence-corrected chi connectivity index (χ3v) is 4.71. The smallest absolute Gasteiger partial charge is 0.339 e. The SMILES string of the molecule is COc1cc2c(cc1F)C(c1ccccc1Cl)=NC1=C(C)NN(C(N)=O)C1=N2. The number of allylic oxidation sites excluding steroid dienone is 1. The van der Waals surface area contributed by atoms with Gasteiger partial charge in [-0.2, -0.15) is 5.01 Å². The molecule has 9 heteroatoms. The minimum absolute atomic E-state index is 0.0161. The number of amides is 2. The fourth-order valence-corrected chi connectivity index (χ4v) is 3.29. The molecular weight excluding hydrogens is 385 g/mol. The van der Waals surface area contributed by atoms with Crippen LogP contribution in [-0.4, -0.2) is 29.7 Å². The van der Waals surface area contributed by atoms with Gasteiger partial charge in [0.15, 0.2) is 17.4 Å². The number of hydrogen-bond donors (Lipinski definition) is 2. The highest BCUT2D eigenvalue weighted by Crippen LogP contribution is 2.36. The summed E-state index contributed by atoms with van der Waals surface area (Å²) in [7, 11) is 1.36. The Morgan fingerprint density at radius 1 is 1.25 bits per heavy atom. The number of urea groups is 1. The lowest BCUT2D eigenvalue weighted by molar-refractivity contribution is 0.223. The average Bonchev–Trinajstić information content (AvgIpc) is 2.87. The van der Waals surface area contributed by atoms with Gasteiger partial charge in [-0.1, -0.05) is 29.8 Å². The summed E-state index contributed by atoms with van der Waals surface area (Å²) in [6.07, 6.45) is 0. The fourth-order valence-electron chi connectivity index (χ4n) is 3.07. The number of rotatable bonds is 2. The van der Waals surface area contributed by atoms with Crippen molar-refractivity contribution in [1.82, 2.24) is 10.4 Å². The van der Waals surface area contributed by atoms with Crippen molar-refractivity contribution in [2.45, 2.75) is 6.92 Å². The summed E-state index contributed by atoms with van der Waals surface area (Å²) in [6.45, 7) is 1.73. The molecule has 4 rings (SSSR count). The van der Waals surface area contributed by atoms with Crippen molar-refractivity contribution in [3.05, 3.63) is 69.8 Å². The molecule has 0 aliphatic carbocycles. The first-order valence-corrected chi connectivity index (χ1v) is 8.66. The zero-order valence-corrected chi connectivity index (χ0v) is 15.7. The number of nitrogens with one attached hydrogen (secondary N) is 1. The van der Waals surface area contributed by atoms with Gasteiger partial charge in [0.25, 0.3) is 0 Å². The zero-order chi connectivity index (χ0) is 20.0. The molecule has 2 amide bonds. The second-order valence-corrected chi connectivity index (χ2v) is 6.55. The van der Waals surface area contributed by atoms with Crippen LogP contribution in [0.3, 0.4) is 0 Å². The molecule has 0 aromatic heterocycles. The molecule has 0 spiro atoms. The Hall–Kier alpha value is -3.39. The Labute approximate surface area is 164 Å².